The van der Waals surface area contributed by atoms with Crippen molar-refractivity contribution in [3.63, 3.8) is 0 Å². The van der Waals surface area contributed by atoms with Crippen molar-refractivity contribution >= 4 is 95.5 Å². The molecule has 0 spiro atoms. The molecule has 2 aliphatic heterocycles. The average Bonchev–Trinajstić information content (AvgIpc) is 1.70. The van der Waals surface area contributed by atoms with E-state index < -0.39 is 24.2 Å². The smallest absolute Gasteiger partial charge is 0.249 e. The van der Waals surface area contributed by atoms with E-state index in [1.807, 2.05) is 42.1 Å². The molecule has 0 atom stereocenters. The van der Waals surface area contributed by atoms with Crippen molar-refractivity contribution in [1.82, 2.24) is 9.13 Å². The highest BCUT2D eigenvalue weighted by Gasteiger charge is 2.43. The molecule has 0 fully saturated rings. The Morgan fingerprint density at radius 3 is 1.49 bits per heavy atom. The summed E-state index contributed by atoms with van der Waals surface area (Å²) in [5.41, 5.74) is 19.8. The maximum atomic E-state index is 9.68. The fraction of sp³-hybridized carbons (Fsp3) is 0. The van der Waals surface area contributed by atoms with Crippen LogP contribution in [0.15, 0.2) is 313 Å². The first-order valence-electron chi connectivity index (χ1n) is 31.9. The van der Waals surface area contributed by atoms with E-state index in [0.717, 1.165) is 126 Å². The van der Waals surface area contributed by atoms with Crippen LogP contribution in [0.5, 0.6) is 0 Å². The first-order valence-corrected chi connectivity index (χ1v) is 28.8. The highest BCUT2D eigenvalue weighted by atomic mass is 32.2. The van der Waals surface area contributed by atoms with E-state index in [2.05, 4.69) is 234 Å². The lowest BCUT2D eigenvalue weighted by molar-refractivity contribution is 1.17. The van der Waals surface area contributed by atoms with Crippen LogP contribution in [-0.4, -0.2) is 15.8 Å². The molecular weight excluding hydrogens is 1020 g/mol. The van der Waals surface area contributed by atoms with Gasteiger partial charge in [0.2, 0.25) is 6.71 Å². The van der Waals surface area contributed by atoms with Crippen molar-refractivity contribution in [3.8, 4) is 67.0 Å². The van der Waals surface area contributed by atoms with Gasteiger partial charge in [-0.1, -0.05) is 248 Å². The average molecular weight is 1080 g/mol. The van der Waals surface area contributed by atoms with E-state index in [4.69, 9.17) is 5.48 Å². The Morgan fingerprint density at radius 1 is 0.337 bits per heavy atom. The molecule has 2 aliphatic rings. The van der Waals surface area contributed by atoms with Gasteiger partial charge in [-0.05, 0) is 128 Å². The van der Waals surface area contributed by atoms with E-state index in [-0.39, 0.29) is 52.7 Å². The molecule has 5 heteroatoms. The maximum Gasteiger partial charge on any atom is 0.249 e. The Kier molecular flexibility index (Phi) is 9.22. The van der Waals surface area contributed by atoms with Gasteiger partial charge >= 0.3 is 0 Å². The second-order valence-electron chi connectivity index (χ2n) is 21.3. The lowest BCUT2D eigenvalue weighted by Crippen LogP contribution is -2.60. The molecule has 0 radical (unpaired) electrons. The molecule has 3 nitrogen and oxygen atoms in total. The zero-order valence-electron chi connectivity index (χ0n) is 52.6. The van der Waals surface area contributed by atoms with Crippen LogP contribution in [0, 0.1) is 0 Å². The van der Waals surface area contributed by atoms with Crippen molar-refractivity contribution in [2.45, 2.75) is 9.79 Å². The second-order valence-corrected chi connectivity index (χ2v) is 22.4. The molecule has 4 heterocycles. The standard InChI is InChI=1S/C78H50BN3S/c1-5-22-51(23-6-1)54-28-19-30-56(46-54)61-37-21-38-62(57-31-20-29-55(47-57)52-24-7-2-8-25-52)77(61)82-72-50-60(81-68-39-16-13-34-63(68)64-35-14-17-40-69(64)81)42-43-66(72)79-67-44-45-71-75(65-36-15-18-41-70(65)80(71)59-32-11-4-12-33-59)78(67)83-74-49-58(48-73(82)76(74)79)53-26-9-3-10-27-53/h1-50H/i13D,14D,16D,17D,34D,35D,39D,40D. The van der Waals surface area contributed by atoms with Gasteiger partial charge in [0.25, 0.3) is 0 Å². The van der Waals surface area contributed by atoms with Gasteiger partial charge in [0.15, 0.2) is 0 Å². The number of nitrogens with zero attached hydrogens (tertiary/aromatic N) is 3. The van der Waals surface area contributed by atoms with Crippen LogP contribution in [0.2, 0.25) is 0 Å². The Bertz CT molecular complexity index is 5380. The van der Waals surface area contributed by atoms with E-state index in [1.54, 1.807) is 4.57 Å². The SMILES string of the molecule is [2H]c1c([2H])c([2H])c2c(c1[2H])c1c([2H])c([2H])c([2H])c([2H])c1n2-c1ccc2c(c1)N(c1c(-c3cccc(-c4ccccc4)c3)cccc1-c1cccc(-c3ccccc3)c1)c1cc(-c3ccccc3)cc3c1B2c1ccc2c(c1S3)c1ccccc1n2-c1ccccc1. The van der Waals surface area contributed by atoms with Crippen LogP contribution in [0.4, 0.5) is 17.1 Å². The third kappa shape index (κ3) is 7.55. The monoisotopic (exact) mass is 1080 g/mol. The Labute approximate surface area is 498 Å². The third-order valence-electron chi connectivity index (χ3n) is 16.8. The van der Waals surface area contributed by atoms with Gasteiger partial charge in [-0.2, -0.15) is 0 Å². The molecule has 0 N–H and O–H groups in total. The van der Waals surface area contributed by atoms with E-state index in [9.17, 15) is 5.48 Å². The molecule has 0 bridgehead atoms. The van der Waals surface area contributed by atoms with Crippen LogP contribution in [0.25, 0.3) is 111 Å². The van der Waals surface area contributed by atoms with Gasteiger partial charge in [0.05, 0.1) is 38.7 Å². The van der Waals surface area contributed by atoms with E-state index >= 15 is 0 Å². The minimum absolute atomic E-state index is 0.0196. The van der Waals surface area contributed by atoms with Gasteiger partial charge in [0.1, 0.15) is 0 Å². The summed E-state index contributed by atoms with van der Waals surface area (Å²) in [6.07, 6.45) is 0. The summed E-state index contributed by atoms with van der Waals surface area (Å²) in [6, 6.07) is 86.5. The van der Waals surface area contributed by atoms with Crippen molar-refractivity contribution in [2.24, 2.45) is 0 Å². The van der Waals surface area contributed by atoms with Gasteiger partial charge < -0.3 is 14.0 Å². The Morgan fingerprint density at radius 2 is 0.855 bits per heavy atom. The Hall–Kier alpha value is -10.3. The second kappa shape index (κ2) is 19.2. The fourth-order valence-corrected chi connectivity index (χ4v) is 14.6. The summed E-state index contributed by atoms with van der Waals surface area (Å²) in [5, 5.41) is 2.33. The highest BCUT2D eigenvalue weighted by Crippen LogP contribution is 2.52. The van der Waals surface area contributed by atoms with Gasteiger partial charge in [-0.25, -0.2) is 0 Å². The fourth-order valence-electron chi connectivity index (χ4n) is 13.2. The largest absolute Gasteiger partial charge is 0.310 e. The quantitative estimate of drug-likeness (QED) is 0.141. The van der Waals surface area contributed by atoms with Crippen LogP contribution in [0.3, 0.4) is 0 Å². The molecule has 15 aromatic rings. The Balaban J connectivity index is 1.03. The lowest BCUT2D eigenvalue weighted by Gasteiger charge is -2.42. The van der Waals surface area contributed by atoms with E-state index in [1.165, 1.54) is 0 Å². The summed E-state index contributed by atoms with van der Waals surface area (Å²) >= 11 is 1.81. The zero-order chi connectivity index (χ0) is 61.5. The van der Waals surface area contributed by atoms with Gasteiger partial charge in [-0.3, -0.25) is 0 Å². The molecule has 386 valence electrons. The van der Waals surface area contributed by atoms with Crippen molar-refractivity contribution in [2.75, 3.05) is 4.90 Å². The molecule has 2 aromatic heterocycles. The zero-order valence-corrected chi connectivity index (χ0v) is 45.4. The third-order valence-corrected chi connectivity index (χ3v) is 18.0. The normalized spacial score (nSPS) is 13.8. The molecule has 0 aliphatic carbocycles. The molecular formula is C78H50BN3S. The first-order chi connectivity index (χ1) is 44.5. The number of hydrogen-bond acceptors (Lipinski definition) is 2. The minimum atomic E-state index is -0.492. The summed E-state index contributed by atoms with van der Waals surface area (Å²) in [7, 11) is 0. The summed E-state index contributed by atoms with van der Waals surface area (Å²) in [5.74, 6) is 0. The molecule has 0 saturated carbocycles. The number of aromatic nitrogens is 2. The molecule has 0 amide bonds. The predicted octanol–water partition coefficient (Wildman–Crippen LogP) is 19.0. The van der Waals surface area contributed by atoms with Gasteiger partial charge in [-0.15, -0.1) is 0 Å². The minimum Gasteiger partial charge on any atom is -0.310 e. The molecule has 13 aromatic carbocycles. The van der Waals surface area contributed by atoms with Crippen molar-refractivity contribution in [3.05, 3.63) is 303 Å². The summed E-state index contributed by atoms with van der Waals surface area (Å²) in [6.45, 7) is -0.360. The first kappa shape index (κ1) is 39.9. The van der Waals surface area contributed by atoms with E-state index in [0.29, 0.717) is 5.69 Å². The van der Waals surface area contributed by atoms with Crippen molar-refractivity contribution < 1.29 is 11.0 Å². The van der Waals surface area contributed by atoms with Crippen LogP contribution in [-0.2, 0) is 0 Å². The number of hydrogen-bond donors (Lipinski definition) is 0. The van der Waals surface area contributed by atoms with Crippen LogP contribution >= 0.6 is 11.8 Å². The molecule has 0 unspecified atom stereocenters. The van der Waals surface area contributed by atoms with Gasteiger partial charge in [0, 0.05) is 65.2 Å². The maximum absolute atomic E-state index is 9.68. The predicted molar refractivity (Wildman–Crippen MR) is 352 cm³/mol. The lowest BCUT2D eigenvalue weighted by atomic mass is 9.34. The summed E-state index contributed by atoms with van der Waals surface area (Å²) < 4.78 is 78.4. The highest BCUT2D eigenvalue weighted by molar-refractivity contribution is 8.00. The van der Waals surface area contributed by atoms with Crippen molar-refractivity contribution in [1.29, 1.82) is 0 Å². The number of fused-ring (bicyclic) bond motifs is 11. The number of anilines is 3. The number of rotatable bonds is 8. The molecule has 17 rings (SSSR count). The van der Waals surface area contributed by atoms with Crippen LogP contribution < -0.4 is 21.3 Å². The number of para-hydroxylation sites is 5. The topological polar surface area (TPSA) is 13.1 Å². The summed E-state index contributed by atoms with van der Waals surface area (Å²) in [4.78, 5) is 4.66. The van der Waals surface area contributed by atoms with Crippen LogP contribution in [0.1, 0.15) is 11.0 Å². The molecule has 0 saturated heterocycles. The molecule has 83 heavy (non-hydrogen) atoms. The number of benzene rings is 13.